The van der Waals surface area contributed by atoms with Gasteiger partial charge in [-0.1, -0.05) is 56.8 Å². The lowest BCUT2D eigenvalue weighted by Gasteiger charge is -2.19. The maximum absolute atomic E-state index is 10.6. The summed E-state index contributed by atoms with van der Waals surface area (Å²) in [5.74, 6) is 0.482. The molecule has 0 fully saturated rings. The van der Waals surface area contributed by atoms with E-state index in [2.05, 4.69) is 55.2 Å². The van der Waals surface area contributed by atoms with Crippen molar-refractivity contribution in [3.05, 3.63) is 29.8 Å². The first-order valence-electron chi connectivity index (χ1n) is 7.14. The smallest absolute Gasteiger partial charge is 0.304 e. The van der Waals surface area contributed by atoms with Gasteiger partial charge in [0.2, 0.25) is 0 Å². The molecular weight excluding hydrogens is 298 g/mol. The highest BCUT2D eigenvalue weighted by atomic mass is 32.2. The van der Waals surface area contributed by atoms with Crippen molar-refractivity contribution in [3.63, 3.8) is 0 Å². The van der Waals surface area contributed by atoms with Gasteiger partial charge in [0.25, 0.3) is 0 Å². The molecule has 22 heavy (non-hydrogen) atoms. The molecule has 0 atom stereocenters. The number of aliphatic carboxylic acids is 1. The van der Waals surface area contributed by atoms with Crippen LogP contribution in [0.3, 0.4) is 0 Å². The van der Waals surface area contributed by atoms with Gasteiger partial charge in [-0.25, -0.2) is 0 Å². The average Bonchev–Trinajstić information content (AvgIpc) is 2.79. The van der Waals surface area contributed by atoms with Crippen LogP contribution < -0.4 is 0 Å². The van der Waals surface area contributed by atoms with Crippen LogP contribution in [0.4, 0.5) is 0 Å². The maximum Gasteiger partial charge on any atom is 0.304 e. The number of carboxylic acid groups (broad SMARTS) is 1. The molecule has 0 radical (unpaired) electrons. The van der Waals surface area contributed by atoms with E-state index in [0.717, 1.165) is 16.5 Å². The summed E-state index contributed by atoms with van der Waals surface area (Å²) in [5.41, 5.74) is 2.40. The van der Waals surface area contributed by atoms with Crippen molar-refractivity contribution >= 4 is 17.7 Å². The summed E-state index contributed by atoms with van der Waals surface area (Å²) in [7, 11) is 1.90. The van der Waals surface area contributed by atoms with Crippen LogP contribution in [0, 0.1) is 0 Å². The Hall–Kier alpha value is -1.82. The molecule has 5 nitrogen and oxygen atoms in total. The third-order valence-electron chi connectivity index (χ3n) is 3.39. The van der Waals surface area contributed by atoms with Crippen LogP contribution in [0.5, 0.6) is 0 Å². The second-order valence-corrected chi connectivity index (χ2v) is 7.25. The number of hydrogen-bond acceptors (Lipinski definition) is 4. The summed E-state index contributed by atoms with van der Waals surface area (Å²) in [6.45, 7) is 6.55. The zero-order valence-corrected chi connectivity index (χ0v) is 14.1. The van der Waals surface area contributed by atoms with Gasteiger partial charge >= 0.3 is 5.97 Å². The summed E-state index contributed by atoms with van der Waals surface area (Å²) in [6, 6.07) is 8.33. The minimum absolute atomic E-state index is 0.118. The topological polar surface area (TPSA) is 68.0 Å². The summed E-state index contributed by atoms with van der Waals surface area (Å²) in [6.07, 6.45) is 0.118. The Morgan fingerprint density at radius 1 is 1.23 bits per heavy atom. The number of benzene rings is 1. The summed E-state index contributed by atoms with van der Waals surface area (Å²) in [4.78, 5) is 10.6. The fraction of sp³-hybridized carbons (Fsp3) is 0.438. The number of hydrogen-bond donors (Lipinski definition) is 1. The lowest BCUT2D eigenvalue weighted by molar-refractivity contribution is -0.136. The van der Waals surface area contributed by atoms with Gasteiger partial charge in [0.1, 0.15) is 0 Å². The van der Waals surface area contributed by atoms with Crippen molar-refractivity contribution in [2.75, 3.05) is 5.75 Å². The zero-order chi connectivity index (χ0) is 16.3. The number of nitrogens with zero attached hydrogens (tertiary/aromatic N) is 3. The molecule has 6 heteroatoms. The minimum Gasteiger partial charge on any atom is -0.481 e. The molecule has 0 bridgehead atoms. The van der Waals surface area contributed by atoms with Crippen molar-refractivity contribution in [1.29, 1.82) is 0 Å². The van der Waals surface area contributed by atoms with Crippen molar-refractivity contribution in [1.82, 2.24) is 14.8 Å². The zero-order valence-electron chi connectivity index (χ0n) is 13.3. The van der Waals surface area contributed by atoms with Crippen LogP contribution in [-0.2, 0) is 17.3 Å². The molecule has 1 heterocycles. The van der Waals surface area contributed by atoms with Crippen LogP contribution in [0.15, 0.2) is 29.4 Å². The molecule has 0 aliphatic rings. The monoisotopic (exact) mass is 319 g/mol. The van der Waals surface area contributed by atoms with Crippen molar-refractivity contribution < 1.29 is 9.90 Å². The summed E-state index contributed by atoms with van der Waals surface area (Å²) < 4.78 is 1.90. The standard InChI is InChI=1S/C16H21N3O2S/c1-16(2,3)12-7-5-11(6-8-12)14-17-18-15(19(14)4)22-10-9-13(20)21/h5-8H,9-10H2,1-4H3,(H,20,21). The van der Waals surface area contributed by atoms with E-state index in [1.807, 2.05) is 11.6 Å². The van der Waals surface area contributed by atoms with Crippen LogP contribution in [0.25, 0.3) is 11.4 Å². The Morgan fingerprint density at radius 3 is 2.41 bits per heavy atom. The first kappa shape index (κ1) is 16.5. The normalized spacial score (nSPS) is 11.6. The van der Waals surface area contributed by atoms with E-state index in [-0.39, 0.29) is 11.8 Å². The number of carboxylic acids is 1. The SMILES string of the molecule is Cn1c(SCCC(=O)O)nnc1-c1ccc(C(C)(C)C)cc1. The highest BCUT2D eigenvalue weighted by Gasteiger charge is 2.15. The van der Waals surface area contributed by atoms with E-state index in [1.165, 1.54) is 17.3 Å². The van der Waals surface area contributed by atoms with Gasteiger partial charge in [0.15, 0.2) is 11.0 Å². The van der Waals surface area contributed by atoms with E-state index < -0.39 is 5.97 Å². The third-order valence-corrected chi connectivity index (χ3v) is 4.41. The van der Waals surface area contributed by atoms with Crippen molar-refractivity contribution in [2.45, 2.75) is 37.8 Å². The van der Waals surface area contributed by atoms with Crippen LogP contribution in [0.1, 0.15) is 32.8 Å². The molecule has 1 aromatic carbocycles. The first-order valence-corrected chi connectivity index (χ1v) is 8.12. The van der Waals surface area contributed by atoms with Gasteiger partial charge in [-0.2, -0.15) is 0 Å². The quantitative estimate of drug-likeness (QED) is 0.856. The third kappa shape index (κ3) is 3.88. The second kappa shape index (κ2) is 6.52. The number of carbonyl (C=O) groups is 1. The van der Waals surface area contributed by atoms with Gasteiger partial charge in [0.05, 0.1) is 6.42 Å². The molecule has 0 spiro atoms. The van der Waals surface area contributed by atoms with Gasteiger partial charge in [-0.15, -0.1) is 10.2 Å². The molecule has 1 aromatic heterocycles. The first-order chi connectivity index (χ1) is 10.3. The van der Waals surface area contributed by atoms with Gasteiger partial charge in [0, 0.05) is 18.4 Å². The molecule has 0 aliphatic carbocycles. The molecule has 2 rings (SSSR count). The maximum atomic E-state index is 10.6. The predicted octanol–water partition coefficient (Wildman–Crippen LogP) is 3.35. The largest absolute Gasteiger partial charge is 0.481 e. The van der Waals surface area contributed by atoms with Gasteiger partial charge < -0.3 is 9.67 Å². The van der Waals surface area contributed by atoms with E-state index in [1.54, 1.807) is 0 Å². The summed E-state index contributed by atoms with van der Waals surface area (Å²) in [5, 5.41) is 17.8. The van der Waals surface area contributed by atoms with Crippen LogP contribution >= 0.6 is 11.8 Å². The molecule has 0 unspecified atom stereocenters. The fourth-order valence-corrected chi connectivity index (χ4v) is 2.88. The Labute approximate surface area is 134 Å². The number of aromatic nitrogens is 3. The molecule has 0 saturated carbocycles. The van der Waals surface area contributed by atoms with E-state index in [0.29, 0.717) is 5.75 Å². The lowest BCUT2D eigenvalue weighted by Crippen LogP contribution is -2.10. The predicted molar refractivity (Wildman–Crippen MR) is 88.1 cm³/mol. The minimum atomic E-state index is -0.798. The van der Waals surface area contributed by atoms with E-state index in [4.69, 9.17) is 5.11 Å². The van der Waals surface area contributed by atoms with Crippen molar-refractivity contribution in [3.8, 4) is 11.4 Å². The highest BCUT2D eigenvalue weighted by Crippen LogP contribution is 2.27. The van der Waals surface area contributed by atoms with Crippen LogP contribution in [0.2, 0.25) is 0 Å². The Kier molecular flexibility index (Phi) is 4.90. The van der Waals surface area contributed by atoms with Crippen molar-refractivity contribution in [2.24, 2.45) is 7.05 Å². The average molecular weight is 319 g/mol. The summed E-state index contributed by atoms with van der Waals surface area (Å²) >= 11 is 1.41. The molecule has 0 amide bonds. The number of rotatable bonds is 5. The van der Waals surface area contributed by atoms with E-state index >= 15 is 0 Å². The van der Waals surface area contributed by atoms with Gasteiger partial charge in [-0.3, -0.25) is 4.79 Å². The Morgan fingerprint density at radius 2 is 1.86 bits per heavy atom. The molecular formula is C16H21N3O2S. The van der Waals surface area contributed by atoms with E-state index in [9.17, 15) is 4.79 Å². The fourth-order valence-electron chi connectivity index (χ4n) is 2.04. The molecule has 0 saturated heterocycles. The molecule has 0 aliphatic heterocycles. The highest BCUT2D eigenvalue weighted by molar-refractivity contribution is 7.99. The molecule has 118 valence electrons. The second-order valence-electron chi connectivity index (χ2n) is 6.18. The molecule has 1 N–H and O–H groups in total. The van der Waals surface area contributed by atoms with Crippen LogP contribution in [-0.4, -0.2) is 31.6 Å². The Balaban J connectivity index is 2.16. The Bertz CT molecular complexity index is 657. The molecule has 2 aromatic rings. The lowest BCUT2D eigenvalue weighted by atomic mass is 9.87. The van der Waals surface area contributed by atoms with Gasteiger partial charge in [-0.05, 0) is 11.0 Å². The number of thioether (sulfide) groups is 1.